The van der Waals surface area contributed by atoms with E-state index in [2.05, 4.69) is 0 Å². The molecule has 0 saturated heterocycles. The lowest BCUT2D eigenvalue weighted by atomic mass is 10.3. The summed E-state index contributed by atoms with van der Waals surface area (Å²) in [5.41, 5.74) is 0. The molecule has 0 aromatic rings. The molecule has 0 aromatic heterocycles. The zero-order chi connectivity index (χ0) is 13.5. The first-order chi connectivity index (χ1) is 7.62. The van der Waals surface area contributed by atoms with E-state index in [1.54, 1.807) is 0 Å². The van der Waals surface area contributed by atoms with Gasteiger partial charge in [0.05, 0.1) is 38.7 Å². The van der Waals surface area contributed by atoms with Crippen LogP contribution in [0.25, 0.3) is 0 Å². The molecule has 0 aliphatic heterocycles. The zero-order valence-electron chi connectivity index (χ0n) is 10.3. The number of hydrogen-bond acceptors (Lipinski definition) is 3. The number of nitrogens with zero attached hydrogens (tertiary/aromatic N) is 1. The highest BCUT2D eigenvalue weighted by Crippen LogP contribution is 2.04. The van der Waals surface area contributed by atoms with Crippen LogP contribution in [0, 0.1) is 0 Å². The van der Waals surface area contributed by atoms with Gasteiger partial charge in [0.15, 0.2) is 11.1 Å². The van der Waals surface area contributed by atoms with Gasteiger partial charge in [0.2, 0.25) is 0 Å². The van der Waals surface area contributed by atoms with E-state index < -0.39 is 21.2 Å². The van der Waals surface area contributed by atoms with Gasteiger partial charge in [0, 0.05) is 6.42 Å². The van der Waals surface area contributed by atoms with Crippen molar-refractivity contribution in [1.29, 1.82) is 0 Å². The molecule has 1 atom stereocenters. The monoisotopic (exact) mass is 288 g/mol. The third-order valence-electron chi connectivity index (χ3n) is 2.50. The molecule has 8 heteroatoms. The standard InChI is InChI=1S/C9H21NO5S2/c1-10(2,7-5-8-16(11)12)6-3-4-9-17(13,14)15/h3-9H2,1-2H3,(H-,11,12,13,14,15)/p+1. The van der Waals surface area contributed by atoms with Crippen molar-refractivity contribution < 1.29 is 26.2 Å². The van der Waals surface area contributed by atoms with Crippen molar-refractivity contribution in [2.75, 3.05) is 38.7 Å². The fraction of sp³-hybridized carbons (Fsp3) is 1.00. The molecule has 0 spiro atoms. The summed E-state index contributed by atoms with van der Waals surface area (Å²) in [5, 5.41) is 0. The van der Waals surface area contributed by atoms with Gasteiger partial charge in [-0.15, -0.1) is 0 Å². The molecule has 6 nitrogen and oxygen atoms in total. The Bertz CT molecular complexity index is 339. The van der Waals surface area contributed by atoms with Crippen molar-refractivity contribution in [3.63, 3.8) is 0 Å². The molecular weight excluding hydrogens is 266 g/mol. The molecule has 0 amide bonds. The van der Waals surface area contributed by atoms with E-state index in [0.29, 0.717) is 23.7 Å². The molecule has 17 heavy (non-hydrogen) atoms. The fourth-order valence-corrected chi connectivity index (χ4v) is 2.50. The lowest BCUT2D eigenvalue weighted by molar-refractivity contribution is -0.890. The van der Waals surface area contributed by atoms with Crippen molar-refractivity contribution in [3.8, 4) is 0 Å². The highest BCUT2D eigenvalue weighted by molar-refractivity contribution is 7.85. The molecule has 0 fully saturated rings. The van der Waals surface area contributed by atoms with Crippen LogP contribution in [0.1, 0.15) is 19.3 Å². The smallest absolute Gasteiger partial charge is 0.264 e. The first-order valence-electron chi connectivity index (χ1n) is 5.47. The molecule has 0 radical (unpaired) electrons. The second kappa shape index (κ2) is 7.42. The summed E-state index contributed by atoms with van der Waals surface area (Å²) in [7, 11) is 0.137. The van der Waals surface area contributed by atoms with Gasteiger partial charge in [0.25, 0.3) is 10.1 Å². The average Bonchev–Trinajstić information content (AvgIpc) is 2.10. The van der Waals surface area contributed by atoms with Crippen LogP contribution in [0.15, 0.2) is 0 Å². The number of rotatable bonds is 9. The topological polar surface area (TPSA) is 91.7 Å². The van der Waals surface area contributed by atoms with Crippen molar-refractivity contribution in [3.05, 3.63) is 0 Å². The normalized spacial score (nSPS) is 14.8. The highest BCUT2D eigenvalue weighted by Gasteiger charge is 2.15. The number of hydrogen-bond donors (Lipinski definition) is 2. The largest absolute Gasteiger partial charge is 0.328 e. The summed E-state index contributed by atoms with van der Waals surface area (Å²) in [5.74, 6) is 0.0698. The summed E-state index contributed by atoms with van der Waals surface area (Å²) < 4.78 is 49.3. The zero-order valence-corrected chi connectivity index (χ0v) is 12.0. The molecule has 2 N–H and O–H groups in total. The van der Waals surface area contributed by atoms with Gasteiger partial charge >= 0.3 is 0 Å². The molecule has 0 aliphatic carbocycles. The van der Waals surface area contributed by atoms with Gasteiger partial charge in [-0.2, -0.15) is 8.42 Å². The molecule has 0 aliphatic rings. The molecule has 1 unspecified atom stereocenters. The molecule has 0 rings (SSSR count). The van der Waals surface area contributed by atoms with Crippen LogP contribution in [0.5, 0.6) is 0 Å². The second-order valence-electron chi connectivity index (χ2n) is 4.76. The molecule has 104 valence electrons. The first kappa shape index (κ1) is 17.0. The van der Waals surface area contributed by atoms with Gasteiger partial charge in [-0.05, 0) is 12.8 Å². The van der Waals surface area contributed by atoms with E-state index in [1.807, 2.05) is 14.1 Å². The number of unbranched alkanes of at least 4 members (excludes halogenated alkanes) is 1. The third kappa shape index (κ3) is 12.2. The maximum atomic E-state index is 10.5. The van der Waals surface area contributed by atoms with Crippen LogP contribution in [0.4, 0.5) is 0 Å². The van der Waals surface area contributed by atoms with E-state index >= 15 is 0 Å². The average molecular weight is 288 g/mol. The van der Waals surface area contributed by atoms with E-state index in [1.165, 1.54) is 0 Å². The van der Waals surface area contributed by atoms with Gasteiger partial charge in [-0.1, -0.05) is 0 Å². The summed E-state index contributed by atoms with van der Waals surface area (Å²) in [4.78, 5) is 0. The van der Waals surface area contributed by atoms with E-state index in [4.69, 9.17) is 9.11 Å². The van der Waals surface area contributed by atoms with Gasteiger partial charge in [0.1, 0.15) is 0 Å². The van der Waals surface area contributed by atoms with Crippen LogP contribution < -0.4 is 0 Å². The fourth-order valence-electron chi connectivity index (χ4n) is 1.55. The molecule has 0 heterocycles. The Morgan fingerprint density at radius 3 is 2.12 bits per heavy atom. The van der Waals surface area contributed by atoms with Crippen molar-refractivity contribution in [2.45, 2.75) is 19.3 Å². The van der Waals surface area contributed by atoms with Crippen molar-refractivity contribution in [2.24, 2.45) is 0 Å². The second-order valence-corrected chi connectivity index (χ2v) is 7.38. The minimum atomic E-state index is -3.85. The SMILES string of the molecule is C[N+](C)(CCCCS(=O)(=O)O)CCCS(=O)O. The quantitative estimate of drug-likeness (QED) is 0.276. The molecule has 0 bridgehead atoms. The number of quaternary nitrogens is 1. The summed E-state index contributed by atoms with van der Waals surface area (Å²) >= 11 is -1.74. The maximum absolute atomic E-state index is 10.5. The van der Waals surface area contributed by atoms with E-state index in [9.17, 15) is 12.6 Å². The Labute approximate surface area is 106 Å². The lowest BCUT2D eigenvalue weighted by Crippen LogP contribution is -2.41. The summed E-state index contributed by atoms with van der Waals surface area (Å²) in [6.45, 7) is 1.56. The minimum absolute atomic E-state index is 0.201. The van der Waals surface area contributed by atoms with Crippen molar-refractivity contribution >= 4 is 21.2 Å². The van der Waals surface area contributed by atoms with Gasteiger partial charge < -0.3 is 9.04 Å². The van der Waals surface area contributed by atoms with Crippen LogP contribution in [-0.2, 0) is 21.2 Å². The van der Waals surface area contributed by atoms with Crippen LogP contribution in [-0.4, -0.2) is 64.9 Å². The van der Waals surface area contributed by atoms with Crippen LogP contribution >= 0.6 is 0 Å². The van der Waals surface area contributed by atoms with E-state index in [0.717, 1.165) is 13.1 Å². The molecule has 0 saturated carbocycles. The molecule has 0 aromatic carbocycles. The lowest BCUT2D eigenvalue weighted by Gasteiger charge is -2.29. The van der Waals surface area contributed by atoms with Crippen molar-refractivity contribution in [1.82, 2.24) is 0 Å². The Morgan fingerprint density at radius 2 is 1.65 bits per heavy atom. The Hall–Kier alpha value is -0.0200. The maximum Gasteiger partial charge on any atom is 0.264 e. The predicted molar refractivity (Wildman–Crippen MR) is 67.7 cm³/mol. The Morgan fingerprint density at radius 1 is 1.12 bits per heavy atom. The minimum Gasteiger partial charge on any atom is -0.328 e. The summed E-state index contributed by atoms with van der Waals surface area (Å²) in [6.07, 6.45) is 1.80. The summed E-state index contributed by atoms with van der Waals surface area (Å²) in [6, 6.07) is 0. The Kier molecular flexibility index (Phi) is 7.41. The van der Waals surface area contributed by atoms with Crippen LogP contribution in [0.3, 0.4) is 0 Å². The Balaban J connectivity index is 3.74. The first-order valence-corrected chi connectivity index (χ1v) is 8.35. The molecular formula is C9H22NO5S2+. The highest BCUT2D eigenvalue weighted by atomic mass is 32.2. The van der Waals surface area contributed by atoms with Gasteiger partial charge in [-0.25, -0.2) is 4.21 Å². The third-order valence-corrected chi connectivity index (χ3v) is 3.94. The van der Waals surface area contributed by atoms with Crippen LogP contribution in [0.2, 0.25) is 0 Å². The predicted octanol–water partition coefficient (Wildman–Crippen LogP) is 0.343. The van der Waals surface area contributed by atoms with Gasteiger partial charge in [-0.3, -0.25) is 4.55 Å². The van der Waals surface area contributed by atoms with E-state index in [-0.39, 0.29) is 11.5 Å².